The van der Waals surface area contributed by atoms with Crippen molar-refractivity contribution in [1.82, 2.24) is 4.57 Å². The van der Waals surface area contributed by atoms with Gasteiger partial charge in [-0.2, -0.15) is 0 Å². The quantitative estimate of drug-likeness (QED) is 0.603. The van der Waals surface area contributed by atoms with Gasteiger partial charge in [-0.25, -0.2) is 0 Å². The Kier molecular flexibility index (Phi) is 2.55. The molecule has 1 heteroatoms. The van der Waals surface area contributed by atoms with Gasteiger partial charge in [-0.05, 0) is 25.0 Å². The van der Waals surface area contributed by atoms with Crippen molar-refractivity contribution in [3.05, 3.63) is 24.0 Å². The summed E-state index contributed by atoms with van der Waals surface area (Å²) in [4.78, 5) is 0. The molecule has 1 aromatic rings. The SMILES string of the molecule is CCCn1cccc1CC. The number of hydrogen-bond donors (Lipinski definition) is 0. The molecule has 56 valence electrons. The van der Waals surface area contributed by atoms with Gasteiger partial charge in [0, 0.05) is 18.4 Å². The summed E-state index contributed by atoms with van der Waals surface area (Å²) in [5.74, 6) is 0. The third kappa shape index (κ3) is 1.41. The summed E-state index contributed by atoms with van der Waals surface area (Å²) in [6.45, 7) is 5.57. The minimum absolute atomic E-state index is 1.15. The second-order valence-corrected chi connectivity index (χ2v) is 2.55. The lowest BCUT2D eigenvalue weighted by atomic mass is 10.3. The largest absolute Gasteiger partial charge is 0.351 e. The third-order valence-corrected chi connectivity index (χ3v) is 1.75. The van der Waals surface area contributed by atoms with E-state index < -0.39 is 0 Å². The van der Waals surface area contributed by atoms with Gasteiger partial charge in [0.05, 0.1) is 0 Å². The van der Waals surface area contributed by atoms with Crippen molar-refractivity contribution in [3.63, 3.8) is 0 Å². The molecule has 0 radical (unpaired) electrons. The first kappa shape index (κ1) is 7.39. The number of aryl methyl sites for hydroxylation is 2. The molecule has 0 fully saturated rings. The lowest BCUT2D eigenvalue weighted by Crippen LogP contribution is -1.98. The predicted molar refractivity (Wildman–Crippen MR) is 44.1 cm³/mol. The molecule has 1 aromatic heterocycles. The second kappa shape index (κ2) is 3.45. The number of hydrogen-bond acceptors (Lipinski definition) is 0. The first-order valence-electron chi connectivity index (χ1n) is 4.02. The highest BCUT2D eigenvalue weighted by Gasteiger charge is 1.94. The van der Waals surface area contributed by atoms with Crippen LogP contribution in [0, 0.1) is 0 Å². The highest BCUT2D eigenvalue weighted by molar-refractivity contribution is 5.06. The Balaban J connectivity index is 2.70. The average molecular weight is 137 g/mol. The molecule has 1 nitrogen and oxygen atoms in total. The van der Waals surface area contributed by atoms with Crippen molar-refractivity contribution < 1.29 is 0 Å². The molecule has 0 amide bonds. The Hall–Kier alpha value is -0.720. The van der Waals surface area contributed by atoms with Crippen LogP contribution in [0.3, 0.4) is 0 Å². The van der Waals surface area contributed by atoms with Crippen molar-refractivity contribution in [2.45, 2.75) is 33.2 Å². The molecule has 0 unspecified atom stereocenters. The van der Waals surface area contributed by atoms with Crippen LogP contribution in [0.15, 0.2) is 18.3 Å². The van der Waals surface area contributed by atoms with Crippen LogP contribution < -0.4 is 0 Å². The number of aromatic nitrogens is 1. The van der Waals surface area contributed by atoms with Gasteiger partial charge >= 0.3 is 0 Å². The molecule has 0 aromatic carbocycles. The number of nitrogens with zero attached hydrogens (tertiary/aromatic N) is 1. The maximum Gasteiger partial charge on any atom is 0.0219 e. The fourth-order valence-corrected chi connectivity index (χ4v) is 1.23. The average Bonchev–Trinajstić information content (AvgIpc) is 2.36. The fourth-order valence-electron chi connectivity index (χ4n) is 1.23. The lowest BCUT2D eigenvalue weighted by molar-refractivity contribution is 0.653. The van der Waals surface area contributed by atoms with E-state index in [0.717, 1.165) is 13.0 Å². The fraction of sp³-hybridized carbons (Fsp3) is 0.556. The molecule has 0 saturated carbocycles. The molecule has 0 aliphatic rings. The summed E-state index contributed by atoms with van der Waals surface area (Å²) < 4.78 is 2.32. The van der Waals surface area contributed by atoms with E-state index in [0.29, 0.717) is 0 Å². The minimum atomic E-state index is 1.15. The van der Waals surface area contributed by atoms with Gasteiger partial charge < -0.3 is 4.57 Å². The highest BCUT2D eigenvalue weighted by Crippen LogP contribution is 2.03. The van der Waals surface area contributed by atoms with Crippen LogP contribution in [0.25, 0.3) is 0 Å². The Morgan fingerprint density at radius 2 is 2.20 bits per heavy atom. The van der Waals surface area contributed by atoms with Crippen LogP contribution in [0.4, 0.5) is 0 Å². The van der Waals surface area contributed by atoms with Crippen molar-refractivity contribution in [2.75, 3.05) is 0 Å². The normalized spacial score (nSPS) is 10.2. The van der Waals surface area contributed by atoms with Crippen LogP contribution in [0.5, 0.6) is 0 Å². The molecule has 0 bridgehead atoms. The van der Waals surface area contributed by atoms with Gasteiger partial charge in [0.1, 0.15) is 0 Å². The van der Waals surface area contributed by atoms with Gasteiger partial charge in [-0.15, -0.1) is 0 Å². The molecule has 0 saturated heterocycles. The van der Waals surface area contributed by atoms with Gasteiger partial charge in [0.25, 0.3) is 0 Å². The Morgan fingerprint density at radius 1 is 1.40 bits per heavy atom. The molecule has 1 rings (SSSR count). The van der Waals surface area contributed by atoms with E-state index in [2.05, 4.69) is 36.7 Å². The summed E-state index contributed by atoms with van der Waals surface area (Å²) in [5.41, 5.74) is 1.45. The lowest BCUT2D eigenvalue weighted by Gasteiger charge is -2.03. The smallest absolute Gasteiger partial charge is 0.0219 e. The van der Waals surface area contributed by atoms with E-state index >= 15 is 0 Å². The van der Waals surface area contributed by atoms with Gasteiger partial charge in [-0.1, -0.05) is 13.8 Å². The molecule has 0 spiro atoms. The highest BCUT2D eigenvalue weighted by atomic mass is 15.0. The van der Waals surface area contributed by atoms with Crippen molar-refractivity contribution in [2.24, 2.45) is 0 Å². The first-order valence-corrected chi connectivity index (χ1v) is 4.02. The van der Waals surface area contributed by atoms with Crippen molar-refractivity contribution >= 4 is 0 Å². The maximum atomic E-state index is 2.32. The summed E-state index contributed by atoms with van der Waals surface area (Å²) in [6, 6.07) is 4.31. The van der Waals surface area contributed by atoms with E-state index in [4.69, 9.17) is 0 Å². The molecule has 10 heavy (non-hydrogen) atoms. The molecular formula is C9H15N. The van der Waals surface area contributed by atoms with E-state index in [9.17, 15) is 0 Å². The zero-order valence-electron chi connectivity index (χ0n) is 6.80. The Labute approximate surface area is 62.7 Å². The number of rotatable bonds is 3. The zero-order valence-corrected chi connectivity index (χ0v) is 6.80. The zero-order chi connectivity index (χ0) is 7.40. The monoisotopic (exact) mass is 137 g/mol. The Bertz CT molecular complexity index is 188. The van der Waals surface area contributed by atoms with Crippen molar-refractivity contribution in [3.8, 4) is 0 Å². The van der Waals surface area contributed by atoms with Crippen LogP contribution in [-0.4, -0.2) is 4.57 Å². The van der Waals surface area contributed by atoms with E-state index in [1.165, 1.54) is 12.1 Å². The predicted octanol–water partition coefficient (Wildman–Crippen LogP) is 2.46. The molecule has 1 heterocycles. The van der Waals surface area contributed by atoms with Crippen molar-refractivity contribution in [1.29, 1.82) is 0 Å². The Morgan fingerprint density at radius 3 is 2.80 bits per heavy atom. The summed E-state index contributed by atoms with van der Waals surface area (Å²) in [5, 5.41) is 0. The summed E-state index contributed by atoms with van der Waals surface area (Å²) in [7, 11) is 0. The third-order valence-electron chi connectivity index (χ3n) is 1.75. The van der Waals surface area contributed by atoms with Crippen LogP contribution >= 0.6 is 0 Å². The molecule has 0 N–H and O–H groups in total. The topological polar surface area (TPSA) is 4.93 Å². The molecule has 0 aliphatic heterocycles. The van der Waals surface area contributed by atoms with E-state index in [1.54, 1.807) is 0 Å². The standard InChI is InChI=1S/C9H15N/c1-3-7-10-8-5-6-9(10)4-2/h5-6,8H,3-4,7H2,1-2H3. The van der Waals surface area contributed by atoms with Gasteiger partial charge in [-0.3, -0.25) is 0 Å². The summed E-state index contributed by atoms with van der Waals surface area (Å²) in [6.07, 6.45) is 4.52. The van der Waals surface area contributed by atoms with Crippen LogP contribution in [0.2, 0.25) is 0 Å². The van der Waals surface area contributed by atoms with Gasteiger partial charge in [0.15, 0.2) is 0 Å². The minimum Gasteiger partial charge on any atom is -0.351 e. The molecule has 0 atom stereocenters. The van der Waals surface area contributed by atoms with Gasteiger partial charge in [0.2, 0.25) is 0 Å². The second-order valence-electron chi connectivity index (χ2n) is 2.55. The molecular weight excluding hydrogens is 122 g/mol. The first-order chi connectivity index (χ1) is 4.88. The molecule has 0 aliphatic carbocycles. The maximum absolute atomic E-state index is 2.32. The van der Waals surface area contributed by atoms with E-state index in [1.807, 2.05) is 0 Å². The van der Waals surface area contributed by atoms with Crippen LogP contribution in [0.1, 0.15) is 26.0 Å². The van der Waals surface area contributed by atoms with Crippen LogP contribution in [-0.2, 0) is 13.0 Å². The van der Waals surface area contributed by atoms with E-state index in [-0.39, 0.29) is 0 Å². The summed E-state index contributed by atoms with van der Waals surface area (Å²) >= 11 is 0.